The molecule has 0 aliphatic heterocycles. The molecule has 2 aromatic heterocycles. The summed E-state index contributed by atoms with van der Waals surface area (Å²) in [4.78, 5) is 51.2. The van der Waals surface area contributed by atoms with Crippen LogP contribution in [0.15, 0.2) is 66.9 Å². The number of alkyl halides is 3. The molecule has 5 rings (SSSR count). The summed E-state index contributed by atoms with van der Waals surface area (Å²) >= 11 is 0. The summed E-state index contributed by atoms with van der Waals surface area (Å²) in [6.07, 6.45) is -1.62. The van der Waals surface area contributed by atoms with Gasteiger partial charge in [-0.05, 0) is 60.4 Å². The van der Waals surface area contributed by atoms with Crippen molar-refractivity contribution in [3.8, 4) is 17.0 Å². The number of fused-ring (bicyclic) bond motifs is 2. The number of imidazole rings is 1. The maximum absolute atomic E-state index is 13.5. The molecule has 0 spiro atoms. The Morgan fingerprint density at radius 2 is 1.72 bits per heavy atom. The van der Waals surface area contributed by atoms with Gasteiger partial charge in [-0.15, -0.1) is 0 Å². The van der Waals surface area contributed by atoms with Gasteiger partial charge in [0.05, 0.1) is 31.5 Å². The van der Waals surface area contributed by atoms with Crippen molar-refractivity contribution >= 4 is 39.5 Å². The fourth-order valence-corrected chi connectivity index (χ4v) is 5.44. The Morgan fingerprint density at radius 3 is 2.49 bits per heavy atom. The summed E-state index contributed by atoms with van der Waals surface area (Å²) in [6.45, 7) is 1.91. The summed E-state index contributed by atoms with van der Waals surface area (Å²) in [7, 11) is 1.59. The molecule has 1 atom stereocenters. The van der Waals surface area contributed by atoms with Gasteiger partial charge in [-0.25, -0.2) is 9.78 Å². The number of carbonyl (C=O) groups excluding carboxylic acids is 3. The van der Waals surface area contributed by atoms with Gasteiger partial charge in [0.1, 0.15) is 11.6 Å². The van der Waals surface area contributed by atoms with Gasteiger partial charge < -0.3 is 24.9 Å². The molecular formula is C34H34F3N5O5. The Bertz CT molecular complexity index is 1900. The van der Waals surface area contributed by atoms with E-state index in [2.05, 4.69) is 31.2 Å². The van der Waals surface area contributed by atoms with Crippen molar-refractivity contribution in [2.45, 2.75) is 57.7 Å². The van der Waals surface area contributed by atoms with Crippen LogP contribution in [0, 0.1) is 6.92 Å². The number of nitrogens with zero attached hydrogens (tertiary/aromatic N) is 1. The molecule has 0 aliphatic rings. The normalized spacial score (nSPS) is 12.2. The first-order chi connectivity index (χ1) is 22.5. The van der Waals surface area contributed by atoms with Crippen LogP contribution in [-0.4, -0.2) is 46.0 Å². The average Bonchev–Trinajstić information content (AvgIpc) is 3.66. The van der Waals surface area contributed by atoms with E-state index in [-0.39, 0.29) is 18.7 Å². The monoisotopic (exact) mass is 649 g/mol. The zero-order valence-corrected chi connectivity index (χ0v) is 25.8. The molecule has 0 fully saturated rings. The molecule has 4 N–H and O–H groups in total. The van der Waals surface area contributed by atoms with Gasteiger partial charge in [0.2, 0.25) is 5.91 Å². The summed E-state index contributed by atoms with van der Waals surface area (Å²) in [5.74, 6) is -2.30. The second-order valence-electron chi connectivity index (χ2n) is 11.2. The number of hydroxylamine groups is 1. The maximum Gasteiger partial charge on any atom is 0.493 e. The van der Waals surface area contributed by atoms with Gasteiger partial charge in [0.25, 0.3) is 5.91 Å². The van der Waals surface area contributed by atoms with Crippen LogP contribution >= 0.6 is 0 Å². The van der Waals surface area contributed by atoms with Crippen molar-refractivity contribution < 1.29 is 37.1 Å². The lowest BCUT2D eigenvalue weighted by molar-refractivity contribution is -0.207. The third-order valence-electron chi connectivity index (χ3n) is 7.87. The molecule has 246 valence electrons. The van der Waals surface area contributed by atoms with Crippen LogP contribution in [0.4, 0.5) is 13.2 Å². The van der Waals surface area contributed by atoms with E-state index in [0.717, 1.165) is 44.2 Å². The van der Waals surface area contributed by atoms with E-state index in [4.69, 9.17) is 4.74 Å². The van der Waals surface area contributed by atoms with Crippen LogP contribution in [0.2, 0.25) is 0 Å². The highest BCUT2D eigenvalue weighted by atomic mass is 19.4. The quantitative estimate of drug-likeness (QED) is 0.0898. The van der Waals surface area contributed by atoms with Crippen molar-refractivity contribution in [1.82, 2.24) is 25.7 Å². The van der Waals surface area contributed by atoms with Crippen molar-refractivity contribution in [2.75, 3.05) is 7.11 Å². The van der Waals surface area contributed by atoms with Gasteiger partial charge in [-0.3, -0.25) is 9.59 Å². The number of nitrogens with one attached hydrogen (secondary N) is 4. The number of aromatic nitrogens is 3. The largest absolute Gasteiger partial charge is 0.497 e. The van der Waals surface area contributed by atoms with Crippen LogP contribution in [0.5, 0.6) is 5.75 Å². The van der Waals surface area contributed by atoms with Crippen molar-refractivity contribution in [3.05, 3.63) is 83.9 Å². The highest BCUT2D eigenvalue weighted by Crippen LogP contribution is 2.29. The highest BCUT2D eigenvalue weighted by molar-refractivity contribution is 5.91. The number of methoxy groups -OCH3 is 1. The lowest BCUT2D eigenvalue weighted by Crippen LogP contribution is -2.34. The molecular weight excluding hydrogens is 615 g/mol. The molecule has 0 aliphatic carbocycles. The fraction of sp³-hybridized carbons (Fsp3) is 0.294. The zero-order valence-electron chi connectivity index (χ0n) is 25.8. The van der Waals surface area contributed by atoms with Crippen molar-refractivity contribution in [2.24, 2.45) is 0 Å². The Labute approximate surface area is 268 Å². The van der Waals surface area contributed by atoms with Crippen molar-refractivity contribution in [1.29, 1.82) is 0 Å². The van der Waals surface area contributed by atoms with Crippen LogP contribution in [0.3, 0.4) is 0 Å². The minimum atomic E-state index is -5.20. The molecule has 0 unspecified atom stereocenters. The topological polar surface area (TPSA) is 138 Å². The van der Waals surface area contributed by atoms with Crippen LogP contribution < -0.4 is 15.5 Å². The van der Waals surface area contributed by atoms with E-state index in [1.165, 1.54) is 5.48 Å². The van der Waals surface area contributed by atoms with Gasteiger partial charge in [0, 0.05) is 28.6 Å². The van der Waals surface area contributed by atoms with Crippen LogP contribution in [0.25, 0.3) is 32.9 Å². The summed E-state index contributed by atoms with van der Waals surface area (Å²) in [6, 6.07) is 19.3. The first-order valence-corrected chi connectivity index (χ1v) is 15.1. The summed E-state index contributed by atoms with van der Waals surface area (Å²) in [5.41, 5.74) is 5.87. The average molecular weight is 650 g/mol. The lowest BCUT2D eigenvalue weighted by atomic mass is 10.0. The minimum Gasteiger partial charge on any atom is -0.497 e. The molecule has 3 aromatic carbocycles. The second kappa shape index (κ2) is 14.4. The Hall–Kier alpha value is -5.33. The smallest absolute Gasteiger partial charge is 0.493 e. The van der Waals surface area contributed by atoms with E-state index in [1.807, 2.05) is 61.5 Å². The first-order valence-electron chi connectivity index (χ1n) is 15.1. The predicted molar refractivity (Wildman–Crippen MR) is 169 cm³/mol. The number of benzene rings is 3. The zero-order chi connectivity index (χ0) is 33.6. The highest BCUT2D eigenvalue weighted by Gasteiger charge is 2.42. The number of amides is 2. The molecule has 10 nitrogen and oxygen atoms in total. The Morgan fingerprint density at radius 1 is 0.936 bits per heavy atom. The number of aromatic amines is 2. The Kier molecular flexibility index (Phi) is 10.1. The standard InChI is InChI=1S/C34H34F3N5O5/c1-20-25(26-17-24(46-2)14-15-27(26)39-20)18-31(44)40-28(10-4-3-5-11-30(43)42-47-33(45)34(35,36)37)32-38-19-29(41-32)23-13-12-21-8-6-7-9-22(21)16-23/h6-9,12-17,19,28,39H,3-5,10-11,18H2,1-2H3,(H,38,41)(H,40,44)(H,42,43)/t28-/m0/s1. The second-order valence-corrected chi connectivity index (χ2v) is 11.2. The van der Waals surface area contributed by atoms with Gasteiger partial charge >= 0.3 is 12.1 Å². The molecule has 5 aromatic rings. The molecule has 47 heavy (non-hydrogen) atoms. The van der Waals surface area contributed by atoms with E-state index < -0.39 is 24.1 Å². The number of ether oxygens (including phenoxy) is 1. The molecule has 0 radical (unpaired) electrons. The van der Waals surface area contributed by atoms with Gasteiger partial charge in [0.15, 0.2) is 0 Å². The molecule has 0 bridgehead atoms. The molecule has 2 amide bonds. The van der Waals surface area contributed by atoms with E-state index >= 15 is 0 Å². The number of halogens is 3. The molecule has 0 saturated heterocycles. The fourth-order valence-electron chi connectivity index (χ4n) is 5.44. The summed E-state index contributed by atoms with van der Waals surface area (Å²) in [5, 5.41) is 6.19. The third-order valence-corrected chi connectivity index (χ3v) is 7.87. The predicted octanol–water partition coefficient (Wildman–Crippen LogP) is 6.52. The number of aryl methyl sites for hydroxylation is 1. The third kappa shape index (κ3) is 8.29. The number of rotatable bonds is 12. The number of hydrogen-bond acceptors (Lipinski definition) is 6. The van der Waals surface area contributed by atoms with E-state index in [0.29, 0.717) is 37.3 Å². The SMILES string of the molecule is COc1ccc2[nH]c(C)c(CC(=O)N[C@@H](CCCCCC(=O)NOC(=O)C(F)(F)F)c3ncc(-c4ccc5ccccc5c4)[nH]3)c2c1. The van der Waals surface area contributed by atoms with E-state index in [9.17, 15) is 27.6 Å². The first kappa shape index (κ1) is 33.0. The van der Waals surface area contributed by atoms with Gasteiger partial charge in [-0.2, -0.15) is 18.7 Å². The van der Waals surface area contributed by atoms with E-state index in [1.54, 1.807) is 13.3 Å². The molecule has 13 heteroatoms. The molecule has 2 heterocycles. The van der Waals surface area contributed by atoms with Crippen molar-refractivity contribution in [3.63, 3.8) is 0 Å². The van der Waals surface area contributed by atoms with Gasteiger partial charge in [-0.1, -0.05) is 49.2 Å². The van der Waals surface area contributed by atoms with Crippen LogP contribution in [-0.2, 0) is 25.6 Å². The number of hydrogen-bond donors (Lipinski definition) is 4. The minimum absolute atomic E-state index is 0.116. The number of H-pyrrole nitrogens is 2. The van der Waals surface area contributed by atoms with Crippen LogP contribution in [0.1, 0.15) is 55.2 Å². The number of carbonyl (C=O) groups is 3. The maximum atomic E-state index is 13.5. The lowest BCUT2D eigenvalue weighted by Gasteiger charge is -2.17. The number of unbranched alkanes of at least 4 members (excludes halogenated alkanes) is 2. The Balaban J connectivity index is 1.26. The molecule has 0 saturated carbocycles. The summed E-state index contributed by atoms with van der Waals surface area (Å²) < 4.78 is 42.2.